The molecule has 0 bridgehead atoms. The number of benzene rings is 3. The first-order valence-corrected chi connectivity index (χ1v) is 9.47. The molecular formula is C23H18BrNO2. The van der Waals surface area contributed by atoms with Gasteiger partial charge in [0.1, 0.15) is 5.75 Å². The van der Waals surface area contributed by atoms with E-state index in [0.717, 1.165) is 21.4 Å². The molecule has 4 rings (SSSR count). The Bertz CT molecular complexity index is 1070. The Morgan fingerprint density at radius 1 is 0.926 bits per heavy atom. The second-order valence-electron chi connectivity index (χ2n) is 6.67. The summed E-state index contributed by atoms with van der Waals surface area (Å²) in [7, 11) is 0. The van der Waals surface area contributed by atoms with E-state index in [1.807, 2.05) is 42.5 Å². The van der Waals surface area contributed by atoms with Gasteiger partial charge in [-0.25, -0.2) is 0 Å². The Balaban J connectivity index is 1.62. The lowest BCUT2D eigenvalue weighted by Crippen LogP contribution is -1.98. The van der Waals surface area contributed by atoms with E-state index in [9.17, 15) is 4.79 Å². The molecule has 0 atom stereocenters. The van der Waals surface area contributed by atoms with Crippen LogP contribution in [0.4, 0.5) is 11.4 Å². The lowest BCUT2D eigenvalue weighted by Gasteiger charge is -2.09. The van der Waals surface area contributed by atoms with Gasteiger partial charge in [0.25, 0.3) is 0 Å². The summed E-state index contributed by atoms with van der Waals surface area (Å²) in [4.78, 5) is 12.6. The van der Waals surface area contributed by atoms with Crippen LogP contribution in [0.2, 0.25) is 0 Å². The van der Waals surface area contributed by atoms with Gasteiger partial charge in [-0.15, -0.1) is 0 Å². The molecular weight excluding hydrogens is 402 g/mol. The van der Waals surface area contributed by atoms with Gasteiger partial charge in [0, 0.05) is 21.9 Å². The first-order valence-electron chi connectivity index (χ1n) is 8.68. The third-order valence-electron chi connectivity index (χ3n) is 4.37. The summed E-state index contributed by atoms with van der Waals surface area (Å²) in [6.07, 6.45) is 1.77. The molecule has 3 aromatic rings. The van der Waals surface area contributed by atoms with Crippen molar-refractivity contribution in [2.75, 3.05) is 5.32 Å². The standard InChI is InChI=1S/C23H18BrNO2/c1-14-9-15(2)11-18(10-14)25-17-7-8-19-21(13-17)27-22(23(19)26)12-16-5-3-4-6-20(16)24/h3-13,25H,1-2H3. The Morgan fingerprint density at radius 3 is 2.41 bits per heavy atom. The molecule has 1 N–H and O–H groups in total. The smallest absolute Gasteiger partial charge is 0.231 e. The van der Waals surface area contributed by atoms with Crippen LogP contribution in [-0.2, 0) is 0 Å². The summed E-state index contributed by atoms with van der Waals surface area (Å²) in [6, 6.07) is 19.6. The fourth-order valence-corrected chi connectivity index (χ4v) is 3.61. The largest absolute Gasteiger partial charge is 0.452 e. The fraction of sp³-hybridized carbons (Fsp3) is 0.0870. The zero-order chi connectivity index (χ0) is 19.0. The van der Waals surface area contributed by atoms with Crippen LogP contribution in [-0.4, -0.2) is 5.78 Å². The summed E-state index contributed by atoms with van der Waals surface area (Å²) < 4.78 is 6.77. The zero-order valence-electron chi connectivity index (χ0n) is 15.0. The molecule has 1 heterocycles. The monoisotopic (exact) mass is 419 g/mol. The van der Waals surface area contributed by atoms with Gasteiger partial charge in [-0.1, -0.05) is 40.2 Å². The molecule has 0 spiro atoms. The predicted octanol–water partition coefficient (Wildman–Crippen LogP) is 6.43. The minimum absolute atomic E-state index is 0.0984. The summed E-state index contributed by atoms with van der Waals surface area (Å²) in [6.45, 7) is 4.14. The average Bonchev–Trinajstić information content (AvgIpc) is 2.91. The molecule has 0 radical (unpaired) electrons. The minimum atomic E-state index is -0.0984. The number of halogens is 1. The van der Waals surface area contributed by atoms with Crippen molar-refractivity contribution in [2.45, 2.75) is 13.8 Å². The summed E-state index contributed by atoms with van der Waals surface area (Å²) in [5.41, 5.74) is 5.78. The molecule has 3 aromatic carbocycles. The van der Waals surface area contributed by atoms with Crippen LogP contribution in [0.5, 0.6) is 5.75 Å². The van der Waals surface area contributed by atoms with Crippen LogP contribution in [0.15, 0.2) is 70.9 Å². The second kappa shape index (κ2) is 7.05. The van der Waals surface area contributed by atoms with Crippen LogP contribution < -0.4 is 10.1 Å². The van der Waals surface area contributed by atoms with Crippen LogP contribution in [0.1, 0.15) is 27.0 Å². The van der Waals surface area contributed by atoms with Crippen LogP contribution in [0, 0.1) is 13.8 Å². The predicted molar refractivity (Wildman–Crippen MR) is 113 cm³/mol. The van der Waals surface area contributed by atoms with Crippen molar-refractivity contribution in [3.05, 3.63) is 93.1 Å². The fourth-order valence-electron chi connectivity index (χ4n) is 3.21. The molecule has 27 heavy (non-hydrogen) atoms. The maximum Gasteiger partial charge on any atom is 0.231 e. The van der Waals surface area contributed by atoms with Gasteiger partial charge in [-0.3, -0.25) is 4.79 Å². The molecule has 0 saturated heterocycles. The number of nitrogens with one attached hydrogen (secondary N) is 1. The lowest BCUT2D eigenvalue weighted by atomic mass is 10.1. The molecule has 0 aliphatic carbocycles. The number of allylic oxidation sites excluding steroid dienone is 1. The normalized spacial score (nSPS) is 14.2. The number of hydrogen-bond donors (Lipinski definition) is 1. The Morgan fingerprint density at radius 2 is 1.67 bits per heavy atom. The van der Waals surface area contributed by atoms with Gasteiger partial charge in [0.2, 0.25) is 5.78 Å². The molecule has 134 valence electrons. The second-order valence-corrected chi connectivity index (χ2v) is 7.53. The molecule has 0 fully saturated rings. The third-order valence-corrected chi connectivity index (χ3v) is 5.09. The number of carbonyl (C=O) groups excluding carboxylic acids is 1. The van der Waals surface area contributed by atoms with Crippen molar-refractivity contribution >= 4 is 39.2 Å². The van der Waals surface area contributed by atoms with Gasteiger partial charge < -0.3 is 10.1 Å². The van der Waals surface area contributed by atoms with E-state index >= 15 is 0 Å². The van der Waals surface area contributed by atoms with Gasteiger partial charge >= 0.3 is 0 Å². The minimum Gasteiger partial charge on any atom is -0.452 e. The molecule has 1 aliphatic rings. The van der Waals surface area contributed by atoms with Crippen LogP contribution >= 0.6 is 15.9 Å². The van der Waals surface area contributed by atoms with E-state index < -0.39 is 0 Å². The highest BCUT2D eigenvalue weighted by Crippen LogP contribution is 2.35. The highest BCUT2D eigenvalue weighted by Gasteiger charge is 2.27. The summed E-state index contributed by atoms with van der Waals surface area (Å²) in [5.74, 6) is 0.812. The highest BCUT2D eigenvalue weighted by atomic mass is 79.9. The number of ether oxygens (including phenoxy) is 1. The Labute approximate surface area is 166 Å². The van der Waals surface area contributed by atoms with Crippen molar-refractivity contribution < 1.29 is 9.53 Å². The van der Waals surface area contributed by atoms with Crippen molar-refractivity contribution in [1.82, 2.24) is 0 Å². The quantitative estimate of drug-likeness (QED) is 0.497. The SMILES string of the molecule is Cc1cc(C)cc(Nc2ccc3c(c2)OC(=Cc2ccccc2Br)C3=O)c1. The van der Waals surface area contributed by atoms with Gasteiger partial charge in [-0.2, -0.15) is 0 Å². The number of Topliss-reactive ketones (excluding diaryl/α,β-unsaturated/α-hetero) is 1. The highest BCUT2D eigenvalue weighted by molar-refractivity contribution is 9.10. The van der Waals surface area contributed by atoms with Crippen molar-refractivity contribution in [1.29, 1.82) is 0 Å². The number of ketones is 1. The maximum atomic E-state index is 12.6. The van der Waals surface area contributed by atoms with Crippen LogP contribution in [0.25, 0.3) is 6.08 Å². The number of hydrogen-bond acceptors (Lipinski definition) is 3. The van der Waals surface area contributed by atoms with E-state index in [1.54, 1.807) is 6.08 Å². The van der Waals surface area contributed by atoms with Crippen molar-refractivity contribution in [3.8, 4) is 5.75 Å². The Kier molecular flexibility index (Phi) is 4.58. The van der Waals surface area contributed by atoms with Crippen molar-refractivity contribution in [2.24, 2.45) is 0 Å². The summed E-state index contributed by atoms with van der Waals surface area (Å²) in [5, 5.41) is 3.39. The number of fused-ring (bicyclic) bond motifs is 1. The van der Waals surface area contributed by atoms with E-state index in [1.165, 1.54) is 11.1 Å². The first-order chi connectivity index (χ1) is 13.0. The topological polar surface area (TPSA) is 38.3 Å². The average molecular weight is 420 g/mol. The maximum absolute atomic E-state index is 12.6. The number of aryl methyl sites for hydroxylation is 2. The van der Waals surface area contributed by atoms with Gasteiger partial charge in [-0.05, 0) is 66.9 Å². The number of rotatable bonds is 3. The van der Waals surface area contributed by atoms with E-state index in [-0.39, 0.29) is 5.78 Å². The molecule has 4 heteroatoms. The third kappa shape index (κ3) is 3.67. The number of carbonyl (C=O) groups is 1. The molecule has 3 nitrogen and oxygen atoms in total. The zero-order valence-corrected chi connectivity index (χ0v) is 16.6. The van der Waals surface area contributed by atoms with E-state index in [0.29, 0.717) is 17.1 Å². The molecule has 0 amide bonds. The van der Waals surface area contributed by atoms with Crippen molar-refractivity contribution in [3.63, 3.8) is 0 Å². The number of anilines is 2. The van der Waals surface area contributed by atoms with E-state index in [4.69, 9.17) is 4.74 Å². The van der Waals surface area contributed by atoms with Gasteiger partial charge in [0.15, 0.2) is 5.76 Å². The summed E-state index contributed by atoms with van der Waals surface area (Å²) >= 11 is 3.50. The molecule has 0 aromatic heterocycles. The Hall–Kier alpha value is -2.85. The molecule has 0 saturated carbocycles. The van der Waals surface area contributed by atoms with E-state index in [2.05, 4.69) is 53.3 Å². The molecule has 1 aliphatic heterocycles. The molecule has 0 unspecified atom stereocenters. The first kappa shape index (κ1) is 17.6. The lowest BCUT2D eigenvalue weighted by molar-refractivity contribution is 0.101. The van der Waals surface area contributed by atoms with Gasteiger partial charge in [0.05, 0.1) is 5.56 Å². The van der Waals surface area contributed by atoms with Crippen LogP contribution in [0.3, 0.4) is 0 Å².